The van der Waals surface area contributed by atoms with Gasteiger partial charge in [0.05, 0.1) is 6.26 Å². The summed E-state index contributed by atoms with van der Waals surface area (Å²) in [6.07, 6.45) is 7.23. The minimum atomic E-state index is -0.165. The molecule has 0 bridgehead atoms. The van der Waals surface area contributed by atoms with E-state index in [9.17, 15) is 4.79 Å². The highest BCUT2D eigenvalue weighted by Crippen LogP contribution is 2.53. The van der Waals surface area contributed by atoms with E-state index in [1.807, 2.05) is 12.1 Å². The van der Waals surface area contributed by atoms with Crippen molar-refractivity contribution in [2.45, 2.75) is 32.1 Å². The van der Waals surface area contributed by atoms with Crippen molar-refractivity contribution in [3.63, 3.8) is 0 Å². The molecule has 1 aliphatic heterocycles. The van der Waals surface area contributed by atoms with E-state index in [0.29, 0.717) is 11.3 Å². The van der Waals surface area contributed by atoms with E-state index in [-0.39, 0.29) is 5.63 Å². The smallest absolute Gasteiger partial charge is 0.338 e. The van der Waals surface area contributed by atoms with Gasteiger partial charge >= 0.3 is 5.63 Å². The molecule has 1 aromatic rings. The first-order chi connectivity index (χ1) is 8.27. The molecule has 1 atom stereocenters. The van der Waals surface area contributed by atoms with Crippen molar-refractivity contribution in [3.05, 3.63) is 34.4 Å². The van der Waals surface area contributed by atoms with Crippen LogP contribution >= 0.6 is 0 Å². The molecular weight excluding hydrogens is 216 g/mol. The van der Waals surface area contributed by atoms with Crippen LogP contribution in [-0.2, 0) is 11.2 Å². The first kappa shape index (κ1) is 11.0. The molecule has 17 heavy (non-hydrogen) atoms. The average Bonchev–Trinajstić information content (AvgIpc) is 2.87. The van der Waals surface area contributed by atoms with E-state index in [1.54, 1.807) is 0 Å². The maximum Gasteiger partial charge on any atom is 0.338 e. The summed E-state index contributed by atoms with van der Waals surface area (Å²) >= 11 is 0. The SMILES string of the molecule is O=c1occcc1CC1(CC2CCOC2)CC1. The third kappa shape index (κ3) is 2.44. The second kappa shape index (κ2) is 4.30. The van der Waals surface area contributed by atoms with Crippen LogP contribution in [0.2, 0.25) is 0 Å². The van der Waals surface area contributed by atoms with Crippen molar-refractivity contribution in [3.8, 4) is 0 Å². The Morgan fingerprint density at radius 2 is 2.29 bits per heavy atom. The topological polar surface area (TPSA) is 39.4 Å². The van der Waals surface area contributed by atoms with Crippen LogP contribution in [0.4, 0.5) is 0 Å². The van der Waals surface area contributed by atoms with E-state index in [4.69, 9.17) is 9.15 Å². The molecule has 1 unspecified atom stereocenters. The van der Waals surface area contributed by atoms with Gasteiger partial charge in [0.1, 0.15) is 0 Å². The number of rotatable bonds is 4. The molecule has 92 valence electrons. The molecule has 3 nitrogen and oxygen atoms in total. The van der Waals surface area contributed by atoms with Crippen molar-refractivity contribution >= 4 is 0 Å². The van der Waals surface area contributed by atoms with E-state index in [0.717, 1.165) is 25.2 Å². The van der Waals surface area contributed by atoms with Gasteiger partial charge in [-0.05, 0) is 55.6 Å². The van der Waals surface area contributed by atoms with Crippen LogP contribution in [0.15, 0.2) is 27.6 Å². The summed E-state index contributed by atoms with van der Waals surface area (Å²) in [6.45, 7) is 1.82. The van der Waals surface area contributed by atoms with Crippen molar-refractivity contribution in [2.24, 2.45) is 11.3 Å². The first-order valence-corrected chi connectivity index (χ1v) is 6.42. The molecule has 3 rings (SSSR count). The molecule has 1 saturated heterocycles. The van der Waals surface area contributed by atoms with Gasteiger partial charge in [0.25, 0.3) is 0 Å². The van der Waals surface area contributed by atoms with Crippen LogP contribution in [-0.4, -0.2) is 13.2 Å². The van der Waals surface area contributed by atoms with E-state index < -0.39 is 0 Å². The summed E-state index contributed by atoms with van der Waals surface area (Å²) < 4.78 is 10.3. The normalized spacial score (nSPS) is 26.0. The monoisotopic (exact) mass is 234 g/mol. The predicted octanol–water partition coefficient (Wildman–Crippen LogP) is 2.39. The second-order valence-electron chi connectivity index (χ2n) is 5.54. The average molecular weight is 234 g/mol. The molecular formula is C14H18O3. The van der Waals surface area contributed by atoms with Gasteiger partial charge in [0.15, 0.2) is 0 Å². The van der Waals surface area contributed by atoms with Crippen LogP contribution < -0.4 is 5.63 Å². The Balaban J connectivity index is 1.68. The Bertz CT molecular complexity index is 439. The van der Waals surface area contributed by atoms with Gasteiger partial charge in [0.2, 0.25) is 0 Å². The summed E-state index contributed by atoms with van der Waals surface area (Å²) in [5.41, 5.74) is 1.04. The van der Waals surface area contributed by atoms with Gasteiger partial charge in [-0.15, -0.1) is 0 Å². The summed E-state index contributed by atoms with van der Waals surface area (Å²) in [6, 6.07) is 3.71. The molecule has 0 radical (unpaired) electrons. The Morgan fingerprint density at radius 3 is 2.94 bits per heavy atom. The third-order valence-electron chi connectivity index (χ3n) is 4.08. The summed E-state index contributed by atoms with van der Waals surface area (Å²) in [5, 5.41) is 0. The molecule has 0 N–H and O–H groups in total. The Kier molecular flexibility index (Phi) is 2.79. The second-order valence-corrected chi connectivity index (χ2v) is 5.54. The summed E-state index contributed by atoms with van der Waals surface area (Å²) in [7, 11) is 0. The number of hydrogen-bond acceptors (Lipinski definition) is 3. The Morgan fingerprint density at radius 1 is 1.41 bits per heavy atom. The zero-order valence-corrected chi connectivity index (χ0v) is 9.98. The van der Waals surface area contributed by atoms with Crippen molar-refractivity contribution in [1.29, 1.82) is 0 Å². The highest BCUT2D eigenvalue weighted by Gasteiger charge is 2.44. The molecule has 0 amide bonds. The highest BCUT2D eigenvalue weighted by molar-refractivity contribution is 5.13. The fourth-order valence-electron chi connectivity index (χ4n) is 2.92. The lowest BCUT2D eigenvalue weighted by Gasteiger charge is -2.17. The lowest BCUT2D eigenvalue weighted by molar-refractivity contribution is 0.178. The van der Waals surface area contributed by atoms with Crippen LogP contribution in [0.1, 0.15) is 31.2 Å². The van der Waals surface area contributed by atoms with Gasteiger partial charge in [-0.3, -0.25) is 0 Å². The molecule has 1 saturated carbocycles. The molecule has 0 aromatic carbocycles. The summed E-state index contributed by atoms with van der Waals surface area (Å²) in [4.78, 5) is 11.6. The van der Waals surface area contributed by atoms with Crippen molar-refractivity contribution in [1.82, 2.24) is 0 Å². The van der Waals surface area contributed by atoms with Crippen LogP contribution in [0.3, 0.4) is 0 Å². The van der Waals surface area contributed by atoms with E-state index in [2.05, 4.69) is 0 Å². The van der Waals surface area contributed by atoms with Gasteiger partial charge in [0, 0.05) is 18.8 Å². The number of hydrogen-bond donors (Lipinski definition) is 0. The molecule has 3 heteroatoms. The maximum atomic E-state index is 11.6. The van der Waals surface area contributed by atoms with Crippen LogP contribution in [0.25, 0.3) is 0 Å². The fraction of sp³-hybridized carbons (Fsp3) is 0.643. The minimum Gasteiger partial charge on any atom is -0.431 e. The predicted molar refractivity (Wildman–Crippen MR) is 63.9 cm³/mol. The molecule has 1 aliphatic carbocycles. The molecule has 2 aliphatic rings. The lowest BCUT2D eigenvalue weighted by Crippen LogP contribution is -2.17. The van der Waals surface area contributed by atoms with Gasteiger partial charge in [-0.25, -0.2) is 4.79 Å². The van der Waals surface area contributed by atoms with Crippen LogP contribution in [0.5, 0.6) is 0 Å². The molecule has 0 spiro atoms. The lowest BCUT2D eigenvalue weighted by atomic mass is 9.87. The first-order valence-electron chi connectivity index (χ1n) is 6.42. The van der Waals surface area contributed by atoms with Crippen molar-refractivity contribution in [2.75, 3.05) is 13.2 Å². The molecule has 1 aromatic heterocycles. The minimum absolute atomic E-state index is 0.165. The zero-order chi connectivity index (χ0) is 11.7. The number of ether oxygens (including phenoxy) is 1. The quantitative estimate of drug-likeness (QED) is 0.803. The highest BCUT2D eigenvalue weighted by atomic mass is 16.5. The largest absolute Gasteiger partial charge is 0.431 e. The molecule has 2 fully saturated rings. The Hall–Kier alpha value is -1.09. The van der Waals surface area contributed by atoms with Gasteiger partial charge in [-0.1, -0.05) is 0 Å². The van der Waals surface area contributed by atoms with Crippen LogP contribution in [0, 0.1) is 11.3 Å². The van der Waals surface area contributed by atoms with Gasteiger partial charge < -0.3 is 9.15 Å². The van der Waals surface area contributed by atoms with Crippen molar-refractivity contribution < 1.29 is 9.15 Å². The Labute approximate surface area is 101 Å². The summed E-state index contributed by atoms with van der Waals surface area (Å²) in [5.74, 6) is 0.702. The van der Waals surface area contributed by atoms with Gasteiger partial charge in [-0.2, -0.15) is 0 Å². The zero-order valence-electron chi connectivity index (χ0n) is 9.98. The standard InChI is InChI=1S/C14H18O3/c15-13-12(2-1-6-17-13)9-14(4-5-14)8-11-3-7-16-10-11/h1-2,6,11H,3-5,7-10H2. The van der Waals surface area contributed by atoms with E-state index >= 15 is 0 Å². The third-order valence-corrected chi connectivity index (χ3v) is 4.08. The fourth-order valence-corrected chi connectivity index (χ4v) is 2.92. The van der Waals surface area contributed by atoms with E-state index in [1.165, 1.54) is 31.9 Å². The maximum absolute atomic E-state index is 11.6. The molecule has 2 heterocycles.